The standard InChI is InChI=1S/C10H13Br3O/c11-4-5-1-6-3-7(2-5)9(13)10(14)8(6)12/h5-9H,1-4H2/t5?,6-,7+,8-,9-/m0/s1. The minimum absolute atomic E-state index is 0.0879. The summed E-state index contributed by atoms with van der Waals surface area (Å²) in [4.78, 5) is 12.0. The lowest BCUT2D eigenvalue weighted by molar-refractivity contribution is -0.122. The third-order valence-electron chi connectivity index (χ3n) is 3.47. The van der Waals surface area contributed by atoms with Gasteiger partial charge in [-0.05, 0) is 37.0 Å². The molecule has 2 fully saturated rings. The average molecular weight is 389 g/mol. The number of fused-ring (bicyclic) bond motifs is 2. The number of hydrogen-bond acceptors (Lipinski definition) is 1. The van der Waals surface area contributed by atoms with Gasteiger partial charge in [-0.1, -0.05) is 47.8 Å². The molecule has 2 saturated carbocycles. The first-order valence-corrected chi connectivity index (χ1v) is 7.96. The van der Waals surface area contributed by atoms with Gasteiger partial charge in [-0.25, -0.2) is 0 Å². The van der Waals surface area contributed by atoms with E-state index >= 15 is 0 Å². The maximum atomic E-state index is 11.8. The Balaban J connectivity index is 2.15. The molecule has 14 heavy (non-hydrogen) atoms. The molecule has 5 atom stereocenters. The lowest BCUT2D eigenvalue weighted by atomic mass is 9.68. The number of Topliss-reactive ketones (excluding diaryl/α,β-unsaturated/α-hetero) is 1. The van der Waals surface area contributed by atoms with Crippen LogP contribution < -0.4 is 0 Å². The molecular formula is C10H13Br3O. The van der Waals surface area contributed by atoms with Crippen LogP contribution in [0, 0.1) is 17.8 Å². The zero-order valence-corrected chi connectivity index (χ0v) is 12.5. The van der Waals surface area contributed by atoms with Crippen molar-refractivity contribution in [2.24, 2.45) is 17.8 Å². The molecule has 2 aliphatic rings. The highest BCUT2D eigenvalue weighted by Crippen LogP contribution is 2.46. The molecule has 0 aromatic rings. The Hall–Kier alpha value is 1.11. The van der Waals surface area contributed by atoms with Crippen molar-refractivity contribution in [3.05, 3.63) is 0 Å². The molecule has 2 rings (SSSR count). The third kappa shape index (κ3) is 1.99. The first-order chi connectivity index (χ1) is 6.63. The van der Waals surface area contributed by atoms with Gasteiger partial charge in [-0.3, -0.25) is 4.79 Å². The molecule has 0 aliphatic heterocycles. The van der Waals surface area contributed by atoms with Crippen LogP contribution in [0.5, 0.6) is 0 Å². The van der Waals surface area contributed by atoms with Gasteiger partial charge in [-0.2, -0.15) is 0 Å². The molecular weight excluding hydrogens is 376 g/mol. The number of halogens is 3. The Kier molecular flexibility index (Phi) is 3.76. The van der Waals surface area contributed by atoms with Gasteiger partial charge >= 0.3 is 0 Å². The number of carbonyl (C=O) groups excluding carboxylic acids is 1. The summed E-state index contributed by atoms with van der Waals surface area (Å²) in [6.07, 6.45) is 3.60. The minimum Gasteiger partial charge on any atom is -0.297 e. The summed E-state index contributed by atoms with van der Waals surface area (Å²) in [7, 11) is 0. The van der Waals surface area contributed by atoms with E-state index in [-0.39, 0.29) is 9.65 Å². The van der Waals surface area contributed by atoms with Gasteiger partial charge < -0.3 is 0 Å². The molecule has 0 spiro atoms. The summed E-state index contributed by atoms with van der Waals surface area (Å²) in [5.41, 5.74) is 0. The molecule has 0 amide bonds. The summed E-state index contributed by atoms with van der Waals surface area (Å²) in [5.74, 6) is 2.25. The summed E-state index contributed by atoms with van der Waals surface area (Å²) in [6.45, 7) is 0. The van der Waals surface area contributed by atoms with Crippen molar-refractivity contribution >= 4 is 53.6 Å². The molecule has 4 heteroatoms. The second kappa shape index (κ2) is 4.54. The molecule has 1 unspecified atom stereocenters. The highest BCUT2D eigenvalue weighted by atomic mass is 79.9. The van der Waals surface area contributed by atoms with Gasteiger partial charge in [0.2, 0.25) is 0 Å². The lowest BCUT2D eigenvalue weighted by Crippen LogP contribution is -2.46. The Labute approximate surface area is 110 Å². The monoisotopic (exact) mass is 386 g/mol. The van der Waals surface area contributed by atoms with Crippen LogP contribution in [0.4, 0.5) is 0 Å². The molecule has 0 N–H and O–H groups in total. The van der Waals surface area contributed by atoms with Crippen molar-refractivity contribution in [1.29, 1.82) is 0 Å². The van der Waals surface area contributed by atoms with E-state index in [4.69, 9.17) is 0 Å². The molecule has 0 heterocycles. The molecule has 2 aliphatic carbocycles. The quantitative estimate of drug-likeness (QED) is 0.628. The maximum absolute atomic E-state index is 11.8. The van der Waals surface area contributed by atoms with E-state index in [1.54, 1.807) is 0 Å². The van der Waals surface area contributed by atoms with Gasteiger partial charge in [0.15, 0.2) is 5.78 Å². The summed E-state index contributed by atoms with van der Waals surface area (Å²) < 4.78 is 0. The van der Waals surface area contributed by atoms with Crippen LogP contribution in [-0.4, -0.2) is 20.8 Å². The fraction of sp³-hybridized carbons (Fsp3) is 0.900. The predicted molar refractivity (Wildman–Crippen MR) is 68.6 cm³/mol. The van der Waals surface area contributed by atoms with Crippen LogP contribution in [0.25, 0.3) is 0 Å². The fourth-order valence-electron chi connectivity index (χ4n) is 2.75. The van der Waals surface area contributed by atoms with Crippen molar-refractivity contribution in [2.45, 2.75) is 28.9 Å². The van der Waals surface area contributed by atoms with E-state index in [0.717, 1.165) is 11.2 Å². The van der Waals surface area contributed by atoms with Gasteiger partial charge in [0.25, 0.3) is 0 Å². The Morgan fingerprint density at radius 3 is 2.00 bits per heavy atom. The van der Waals surface area contributed by atoms with Gasteiger partial charge in [0, 0.05) is 5.33 Å². The second-order valence-corrected chi connectivity index (χ2v) is 7.07. The largest absolute Gasteiger partial charge is 0.297 e. The summed E-state index contributed by atoms with van der Waals surface area (Å²) in [6, 6.07) is 0. The maximum Gasteiger partial charge on any atom is 0.160 e. The van der Waals surface area contributed by atoms with Crippen LogP contribution in [0.2, 0.25) is 0 Å². The van der Waals surface area contributed by atoms with Crippen LogP contribution >= 0.6 is 47.8 Å². The Bertz CT molecular complexity index is 220. The number of rotatable bonds is 1. The fourth-order valence-corrected chi connectivity index (χ4v) is 5.07. The van der Waals surface area contributed by atoms with E-state index < -0.39 is 0 Å². The molecule has 1 nitrogen and oxygen atoms in total. The zero-order valence-electron chi connectivity index (χ0n) is 7.76. The topological polar surface area (TPSA) is 17.1 Å². The second-order valence-electron chi connectivity index (χ2n) is 4.45. The molecule has 0 aromatic carbocycles. The van der Waals surface area contributed by atoms with Crippen LogP contribution in [-0.2, 0) is 4.79 Å². The molecule has 0 saturated heterocycles. The average Bonchev–Trinajstić information content (AvgIpc) is 2.23. The predicted octanol–water partition coefficient (Wildman–Crippen LogP) is 3.52. The van der Waals surface area contributed by atoms with Crippen molar-refractivity contribution in [1.82, 2.24) is 0 Å². The lowest BCUT2D eigenvalue weighted by Gasteiger charge is -2.43. The van der Waals surface area contributed by atoms with Crippen LogP contribution in [0.15, 0.2) is 0 Å². The van der Waals surface area contributed by atoms with E-state index in [2.05, 4.69) is 47.8 Å². The Morgan fingerprint density at radius 2 is 1.57 bits per heavy atom. The highest BCUT2D eigenvalue weighted by Gasteiger charge is 2.45. The van der Waals surface area contributed by atoms with Crippen molar-refractivity contribution in [3.63, 3.8) is 0 Å². The summed E-state index contributed by atoms with van der Waals surface area (Å²) >= 11 is 10.6. The first-order valence-electron chi connectivity index (χ1n) is 5.01. The van der Waals surface area contributed by atoms with Crippen LogP contribution in [0.1, 0.15) is 19.3 Å². The summed E-state index contributed by atoms with van der Waals surface area (Å²) in [5, 5.41) is 1.08. The van der Waals surface area contributed by atoms with E-state index in [1.165, 1.54) is 19.3 Å². The van der Waals surface area contributed by atoms with E-state index in [9.17, 15) is 4.79 Å². The zero-order chi connectivity index (χ0) is 10.3. The van der Waals surface area contributed by atoms with Crippen LogP contribution in [0.3, 0.4) is 0 Å². The molecule has 0 aromatic heterocycles. The third-order valence-corrected chi connectivity index (χ3v) is 6.78. The SMILES string of the molecule is O=C1[C@@H](Br)[C@@H]2CC(CBr)C[C@@H](C2)[C@@H]1Br. The van der Waals surface area contributed by atoms with Gasteiger partial charge in [0.05, 0.1) is 9.65 Å². The Morgan fingerprint density at radius 1 is 1.07 bits per heavy atom. The number of hydrogen-bond donors (Lipinski definition) is 0. The molecule has 0 radical (unpaired) electrons. The first kappa shape index (κ1) is 11.6. The number of carbonyl (C=O) groups is 1. The van der Waals surface area contributed by atoms with Gasteiger partial charge in [0.1, 0.15) is 0 Å². The van der Waals surface area contributed by atoms with E-state index in [0.29, 0.717) is 17.6 Å². The highest BCUT2D eigenvalue weighted by molar-refractivity contribution is 9.10. The van der Waals surface area contributed by atoms with Crippen molar-refractivity contribution in [3.8, 4) is 0 Å². The normalized spacial score (nSPS) is 47.9. The number of alkyl halides is 3. The number of ketones is 1. The van der Waals surface area contributed by atoms with Crippen molar-refractivity contribution < 1.29 is 4.79 Å². The minimum atomic E-state index is 0.0879. The smallest absolute Gasteiger partial charge is 0.160 e. The molecule has 2 bridgehead atoms. The molecule has 80 valence electrons. The van der Waals surface area contributed by atoms with E-state index in [1.807, 2.05) is 0 Å². The van der Waals surface area contributed by atoms with Crippen molar-refractivity contribution in [2.75, 3.05) is 5.33 Å². The van der Waals surface area contributed by atoms with Gasteiger partial charge in [-0.15, -0.1) is 0 Å².